The maximum atomic E-state index is 13.6. The molecular formula is C27H37N4O9P. The van der Waals surface area contributed by atoms with Gasteiger partial charge in [0.1, 0.15) is 18.4 Å². The summed E-state index contributed by atoms with van der Waals surface area (Å²) in [6.07, 6.45) is -1.34. The number of aliphatic carboxylic acids is 1. The molecule has 0 heterocycles. The molecule has 13 nitrogen and oxygen atoms in total. The molecule has 3 atom stereocenters. The lowest BCUT2D eigenvalue weighted by Gasteiger charge is -2.32. The lowest BCUT2D eigenvalue weighted by molar-refractivity contribution is -0.148. The van der Waals surface area contributed by atoms with Gasteiger partial charge < -0.3 is 30.7 Å². The van der Waals surface area contributed by atoms with Crippen molar-refractivity contribution in [2.24, 2.45) is 11.7 Å². The molecule has 0 saturated heterocycles. The van der Waals surface area contributed by atoms with Gasteiger partial charge in [-0.3, -0.25) is 14.7 Å². The molecule has 2 aromatic carbocycles. The number of urea groups is 1. The molecule has 0 aliphatic rings. The van der Waals surface area contributed by atoms with Crippen LogP contribution < -0.4 is 16.4 Å². The second-order valence-corrected chi connectivity index (χ2v) is 11.6. The molecule has 1 unspecified atom stereocenters. The van der Waals surface area contributed by atoms with E-state index in [9.17, 15) is 38.6 Å². The number of carboxylic acids is 1. The molecule has 0 radical (unpaired) electrons. The number of nitrogens with one attached hydrogen (secondary N) is 2. The smallest absolute Gasteiger partial charge is 0.407 e. The maximum absolute atomic E-state index is 13.6. The number of carbonyl (C=O) groups is 4. The SMILES string of the molecule is CC(C)C[C@H](NC(CCNC(=O)OCc1ccccc1)P(=O)(O)O)C(=O)N(C(N)=O)[C@@H](Cc1ccccc1)C(=O)O. The van der Waals surface area contributed by atoms with Crippen molar-refractivity contribution in [2.75, 3.05) is 6.54 Å². The first-order valence-electron chi connectivity index (χ1n) is 12.9. The van der Waals surface area contributed by atoms with Gasteiger partial charge >= 0.3 is 25.7 Å². The summed E-state index contributed by atoms with van der Waals surface area (Å²) in [5.41, 5.74) is 6.74. The molecule has 41 heavy (non-hydrogen) atoms. The Balaban J connectivity index is 2.17. The summed E-state index contributed by atoms with van der Waals surface area (Å²) >= 11 is 0. The van der Waals surface area contributed by atoms with Gasteiger partial charge in [0.2, 0.25) is 5.91 Å². The van der Waals surface area contributed by atoms with Crippen LogP contribution in [0.1, 0.15) is 37.8 Å². The molecule has 0 saturated carbocycles. The highest BCUT2D eigenvalue weighted by Gasteiger charge is 2.40. The van der Waals surface area contributed by atoms with Gasteiger partial charge in [-0.15, -0.1) is 0 Å². The zero-order valence-corrected chi connectivity index (χ0v) is 23.8. The monoisotopic (exact) mass is 592 g/mol. The normalized spacial score (nSPS) is 13.6. The first-order chi connectivity index (χ1) is 19.3. The summed E-state index contributed by atoms with van der Waals surface area (Å²) in [7, 11) is -4.89. The van der Waals surface area contributed by atoms with E-state index in [4.69, 9.17) is 10.5 Å². The number of nitrogens with two attached hydrogens (primary N) is 1. The van der Waals surface area contributed by atoms with Gasteiger partial charge in [0.15, 0.2) is 0 Å². The molecule has 0 spiro atoms. The van der Waals surface area contributed by atoms with E-state index in [1.54, 1.807) is 68.4 Å². The lowest BCUT2D eigenvalue weighted by Crippen LogP contribution is -2.59. The first-order valence-corrected chi connectivity index (χ1v) is 14.6. The number of alkyl carbamates (subject to hydrolysis) is 1. The summed E-state index contributed by atoms with van der Waals surface area (Å²) in [5, 5.41) is 14.9. The van der Waals surface area contributed by atoms with Gasteiger partial charge in [-0.2, -0.15) is 0 Å². The number of nitrogens with zero attached hydrogens (tertiary/aromatic N) is 1. The van der Waals surface area contributed by atoms with Crippen LogP contribution in [0.2, 0.25) is 0 Å². The highest BCUT2D eigenvalue weighted by atomic mass is 31.2. The molecule has 2 rings (SSSR count). The van der Waals surface area contributed by atoms with Gasteiger partial charge in [-0.05, 0) is 29.9 Å². The van der Waals surface area contributed by atoms with E-state index in [1.807, 2.05) is 6.07 Å². The quantitative estimate of drug-likeness (QED) is 0.166. The van der Waals surface area contributed by atoms with E-state index in [2.05, 4.69) is 10.6 Å². The first kappa shape index (κ1) is 33.4. The molecule has 0 fully saturated rings. The Kier molecular flexibility index (Phi) is 12.9. The highest BCUT2D eigenvalue weighted by molar-refractivity contribution is 7.52. The summed E-state index contributed by atoms with van der Waals surface area (Å²) < 4.78 is 17.4. The van der Waals surface area contributed by atoms with Gasteiger partial charge in [-0.25, -0.2) is 19.3 Å². The average molecular weight is 593 g/mol. The van der Waals surface area contributed by atoms with Crippen molar-refractivity contribution < 1.29 is 43.4 Å². The van der Waals surface area contributed by atoms with Crippen LogP contribution in [0, 0.1) is 5.92 Å². The summed E-state index contributed by atoms with van der Waals surface area (Å²) in [6, 6.07) is 12.9. The van der Waals surface area contributed by atoms with Crippen LogP contribution in [-0.2, 0) is 31.9 Å². The highest BCUT2D eigenvalue weighted by Crippen LogP contribution is 2.41. The Morgan fingerprint density at radius 2 is 1.54 bits per heavy atom. The van der Waals surface area contributed by atoms with Crippen molar-refractivity contribution in [3.63, 3.8) is 0 Å². The molecule has 0 bridgehead atoms. The maximum Gasteiger partial charge on any atom is 0.407 e. The second-order valence-electron chi connectivity index (χ2n) is 9.82. The van der Waals surface area contributed by atoms with Gasteiger partial charge in [0, 0.05) is 13.0 Å². The van der Waals surface area contributed by atoms with Crippen molar-refractivity contribution >= 4 is 31.6 Å². The van der Waals surface area contributed by atoms with E-state index in [1.165, 1.54) is 0 Å². The zero-order chi connectivity index (χ0) is 30.6. The molecule has 0 aromatic heterocycles. The van der Waals surface area contributed by atoms with Crippen molar-refractivity contribution in [2.45, 2.75) is 57.6 Å². The summed E-state index contributed by atoms with van der Waals surface area (Å²) in [6.45, 7) is 3.26. The Morgan fingerprint density at radius 1 is 0.976 bits per heavy atom. The largest absolute Gasteiger partial charge is 0.480 e. The number of carbonyl (C=O) groups excluding carboxylic acids is 3. The summed E-state index contributed by atoms with van der Waals surface area (Å²) in [4.78, 5) is 70.5. The minimum absolute atomic E-state index is 0.00331. The third kappa shape index (κ3) is 11.3. The number of hydrogen-bond acceptors (Lipinski definition) is 7. The van der Waals surface area contributed by atoms with Crippen molar-refractivity contribution in [3.8, 4) is 0 Å². The number of imide groups is 1. The number of primary amides is 1. The average Bonchev–Trinajstić information content (AvgIpc) is 2.90. The number of carboxylic acid groups (broad SMARTS) is 1. The standard InChI is InChI=1S/C27H37N4O9P/c1-18(2)15-21(24(32)31(26(28)35)22(25(33)34)16-19-9-5-3-6-10-19)30-23(41(37,38)39)13-14-29-27(36)40-17-20-11-7-4-8-12-20/h3-12,18,21-23,30H,13-17H2,1-2H3,(H2,28,35)(H,29,36)(H,33,34)(H2,37,38,39)/t21-,22-,23?/m0/s1. The van der Waals surface area contributed by atoms with Crippen molar-refractivity contribution in [3.05, 3.63) is 71.8 Å². The number of benzene rings is 2. The van der Waals surface area contributed by atoms with E-state index < -0.39 is 49.5 Å². The number of hydrogen-bond donors (Lipinski definition) is 6. The van der Waals surface area contributed by atoms with E-state index in [-0.39, 0.29) is 38.3 Å². The minimum Gasteiger partial charge on any atom is -0.480 e. The molecule has 0 aliphatic heterocycles. The Hall–Kier alpha value is -3.77. The van der Waals surface area contributed by atoms with Crippen molar-refractivity contribution in [1.82, 2.24) is 15.5 Å². The van der Waals surface area contributed by atoms with E-state index in [0.29, 0.717) is 10.5 Å². The van der Waals surface area contributed by atoms with Crippen LogP contribution >= 0.6 is 7.60 Å². The van der Waals surface area contributed by atoms with Crippen LogP contribution in [0.15, 0.2) is 60.7 Å². The lowest BCUT2D eigenvalue weighted by atomic mass is 10.00. The van der Waals surface area contributed by atoms with Crippen molar-refractivity contribution in [1.29, 1.82) is 0 Å². The predicted octanol–water partition coefficient (Wildman–Crippen LogP) is 2.41. The number of ether oxygens (including phenoxy) is 1. The van der Waals surface area contributed by atoms with Gasteiger partial charge in [-0.1, -0.05) is 74.5 Å². The van der Waals surface area contributed by atoms with Crippen LogP contribution in [-0.4, -0.2) is 68.2 Å². The fourth-order valence-electron chi connectivity index (χ4n) is 4.09. The molecular weight excluding hydrogens is 555 g/mol. The minimum atomic E-state index is -4.89. The molecule has 4 amide bonds. The molecule has 14 heteroatoms. The molecule has 2 aromatic rings. The fraction of sp³-hybridized carbons (Fsp3) is 0.407. The third-order valence-corrected chi connectivity index (χ3v) is 7.27. The predicted molar refractivity (Wildman–Crippen MR) is 149 cm³/mol. The van der Waals surface area contributed by atoms with Crippen LogP contribution in [0.5, 0.6) is 0 Å². The van der Waals surface area contributed by atoms with E-state index >= 15 is 0 Å². The summed E-state index contributed by atoms with van der Waals surface area (Å²) in [5.74, 6) is -4.33. The Morgan fingerprint density at radius 3 is 2.02 bits per heavy atom. The molecule has 7 N–H and O–H groups in total. The second kappa shape index (κ2) is 15.9. The van der Waals surface area contributed by atoms with E-state index in [0.717, 1.165) is 5.56 Å². The van der Waals surface area contributed by atoms with Gasteiger partial charge in [0.25, 0.3) is 0 Å². The Labute approximate surface area is 238 Å². The molecule has 0 aliphatic carbocycles. The molecule has 224 valence electrons. The Bertz CT molecular complexity index is 1210. The van der Waals surface area contributed by atoms with Crippen LogP contribution in [0.25, 0.3) is 0 Å². The van der Waals surface area contributed by atoms with Crippen LogP contribution in [0.3, 0.4) is 0 Å². The number of rotatable bonds is 15. The third-order valence-electron chi connectivity index (χ3n) is 6.05. The van der Waals surface area contributed by atoms with Gasteiger partial charge in [0.05, 0.1) is 6.04 Å². The number of amides is 4. The fourth-order valence-corrected chi connectivity index (χ4v) is 4.93. The zero-order valence-electron chi connectivity index (χ0n) is 22.9. The van der Waals surface area contributed by atoms with Crippen LogP contribution in [0.4, 0.5) is 9.59 Å². The topological polar surface area (TPSA) is 209 Å².